The molecule has 200 valence electrons. The van der Waals surface area contributed by atoms with E-state index in [1.165, 1.54) is 18.8 Å². The van der Waals surface area contributed by atoms with Crippen molar-refractivity contribution in [1.29, 1.82) is 0 Å². The Bertz CT molecular complexity index is 1070. The molecule has 0 radical (unpaired) electrons. The van der Waals surface area contributed by atoms with Crippen molar-refractivity contribution in [2.75, 3.05) is 27.8 Å². The van der Waals surface area contributed by atoms with E-state index in [9.17, 15) is 9.90 Å². The van der Waals surface area contributed by atoms with Gasteiger partial charge >= 0.3 is 6.09 Å². The summed E-state index contributed by atoms with van der Waals surface area (Å²) in [5, 5.41) is 9.84. The first-order chi connectivity index (χ1) is 17.9. The number of nitrogens with zero attached hydrogens (tertiary/aromatic N) is 2. The third kappa shape index (κ3) is 6.55. The number of rotatable bonds is 10. The molecule has 37 heavy (non-hydrogen) atoms. The van der Waals surface area contributed by atoms with Crippen LogP contribution in [0.3, 0.4) is 0 Å². The number of thioether (sulfide) groups is 1. The minimum atomic E-state index is -1.09. The first-order valence-corrected chi connectivity index (χ1v) is 12.9. The smallest absolute Gasteiger partial charge is 0.413 e. The molecule has 1 amide bonds. The molecule has 2 heterocycles. The van der Waals surface area contributed by atoms with Crippen molar-refractivity contribution < 1.29 is 33.6 Å². The molecular formula is C26H33N3O7S. The van der Waals surface area contributed by atoms with E-state index >= 15 is 0 Å². The molecule has 10 nitrogen and oxygen atoms in total. The molecule has 0 unspecified atom stereocenters. The Morgan fingerprint density at radius 3 is 2.03 bits per heavy atom. The average Bonchev–Trinajstić information content (AvgIpc) is 3.35. The van der Waals surface area contributed by atoms with Gasteiger partial charge in [-0.25, -0.2) is 4.79 Å². The third-order valence-electron chi connectivity index (χ3n) is 6.32. The number of amidine groups is 1. The predicted octanol–water partition coefficient (Wildman–Crippen LogP) is 3.33. The zero-order valence-corrected chi connectivity index (χ0v) is 21.9. The zero-order chi connectivity index (χ0) is 26.4. The van der Waals surface area contributed by atoms with Crippen LogP contribution in [0, 0.1) is 0 Å². The molecular weight excluding hydrogens is 498 g/mol. The van der Waals surface area contributed by atoms with E-state index in [4.69, 9.17) is 34.4 Å². The molecule has 4 rings (SSSR count). The van der Waals surface area contributed by atoms with Gasteiger partial charge in [0.1, 0.15) is 35.2 Å². The summed E-state index contributed by atoms with van der Waals surface area (Å²) in [5.41, 5.74) is 7.45. The van der Waals surface area contributed by atoms with Gasteiger partial charge in [-0.1, -0.05) is 36.0 Å². The van der Waals surface area contributed by atoms with Gasteiger partial charge in [-0.2, -0.15) is 0 Å². The highest BCUT2D eigenvalue weighted by Gasteiger charge is 2.51. The van der Waals surface area contributed by atoms with Crippen LogP contribution in [0.1, 0.15) is 17.5 Å². The molecule has 3 N–H and O–H groups in total. The summed E-state index contributed by atoms with van der Waals surface area (Å²) in [6, 6.07) is 14.8. The number of ether oxygens (including phenoxy) is 5. The monoisotopic (exact) mass is 531 g/mol. The molecule has 2 aliphatic rings. The highest BCUT2D eigenvalue weighted by atomic mass is 32.2. The predicted molar refractivity (Wildman–Crippen MR) is 140 cm³/mol. The maximum absolute atomic E-state index is 11.6. The first kappa shape index (κ1) is 27.2. The summed E-state index contributed by atoms with van der Waals surface area (Å²) in [7, 11) is 4.71. The summed E-state index contributed by atoms with van der Waals surface area (Å²) in [5.74, 6) is 1.53. The quantitative estimate of drug-likeness (QED) is 0.475. The Morgan fingerprint density at radius 1 is 1.00 bits per heavy atom. The Hall–Kier alpha value is -2.83. The van der Waals surface area contributed by atoms with E-state index in [1.807, 2.05) is 48.5 Å². The Labute approximate surface area is 220 Å². The van der Waals surface area contributed by atoms with E-state index in [1.54, 1.807) is 14.2 Å². The van der Waals surface area contributed by atoms with Crippen LogP contribution in [-0.2, 0) is 27.4 Å². The Morgan fingerprint density at radius 2 is 1.54 bits per heavy atom. The van der Waals surface area contributed by atoms with Crippen LogP contribution in [0.25, 0.3) is 0 Å². The lowest BCUT2D eigenvalue weighted by atomic mass is 9.95. The fourth-order valence-corrected chi connectivity index (χ4v) is 5.43. The van der Waals surface area contributed by atoms with E-state index in [0.29, 0.717) is 31.3 Å². The summed E-state index contributed by atoms with van der Waals surface area (Å²) >= 11 is 1.28. The maximum atomic E-state index is 11.6. The number of amides is 1. The standard InChI is InChI=1S/C26H33N3O7S/c1-29(26(30)31)25-28-21-23(35-15-17-6-10-19(33-3)11-7-17)22(20(12-13-27)36-24(21)37-25)34-14-16-4-8-18(32-2)9-5-16/h4-11,20-24H,12-15,27H2,1-3H3,(H,30,31)/t20-,21-,22-,23-,24-/m1/s1. The molecule has 0 aliphatic carbocycles. The van der Waals surface area contributed by atoms with Crippen LogP contribution in [0.5, 0.6) is 11.5 Å². The van der Waals surface area contributed by atoms with Crippen LogP contribution >= 0.6 is 11.8 Å². The van der Waals surface area contributed by atoms with Gasteiger partial charge in [0, 0.05) is 7.05 Å². The molecule has 11 heteroatoms. The summed E-state index contributed by atoms with van der Waals surface area (Å²) in [4.78, 5) is 17.4. The third-order valence-corrected chi connectivity index (χ3v) is 7.54. The summed E-state index contributed by atoms with van der Waals surface area (Å²) in [6.45, 7) is 1.06. The number of aliphatic imine (C=N–C) groups is 1. The van der Waals surface area contributed by atoms with Crippen LogP contribution < -0.4 is 15.2 Å². The molecule has 1 saturated heterocycles. The fourth-order valence-electron chi connectivity index (χ4n) is 4.25. The Kier molecular flexibility index (Phi) is 9.28. The molecule has 0 aromatic heterocycles. The fraction of sp³-hybridized carbons (Fsp3) is 0.462. The van der Waals surface area contributed by atoms with Gasteiger partial charge in [0.15, 0.2) is 5.17 Å². The second-order valence-electron chi connectivity index (χ2n) is 8.73. The second kappa shape index (κ2) is 12.6. The van der Waals surface area contributed by atoms with E-state index in [0.717, 1.165) is 27.5 Å². The number of carboxylic acid groups (broad SMARTS) is 1. The number of hydrogen-bond donors (Lipinski definition) is 2. The van der Waals surface area contributed by atoms with Crippen LogP contribution in [0.2, 0.25) is 0 Å². The minimum absolute atomic E-state index is 0.319. The molecule has 2 aliphatic heterocycles. The van der Waals surface area contributed by atoms with Crippen molar-refractivity contribution in [3.63, 3.8) is 0 Å². The van der Waals surface area contributed by atoms with E-state index in [2.05, 4.69) is 0 Å². The molecule has 1 fully saturated rings. The molecule has 5 atom stereocenters. The number of fused-ring (bicyclic) bond motifs is 1. The van der Waals surface area contributed by atoms with Crippen LogP contribution in [0.4, 0.5) is 4.79 Å². The summed E-state index contributed by atoms with van der Waals surface area (Å²) in [6.07, 6.45) is -1.83. The normalized spacial score (nSPS) is 24.8. The number of carbonyl (C=O) groups is 1. The SMILES string of the molecule is COc1ccc(CO[C@@H]2[C@H]3N=C(N(C)C(=O)O)S[C@H]3O[C@H](CCN)[C@H]2OCc2ccc(OC)cc2)cc1. The van der Waals surface area contributed by atoms with Crippen molar-refractivity contribution in [3.05, 3.63) is 59.7 Å². The van der Waals surface area contributed by atoms with Crippen molar-refractivity contribution in [3.8, 4) is 11.5 Å². The van der Waals surface area contributed by atoms with Gasteiger partial charge in [-0.15, -0.1) is 0 Å². The number of nitrogens with two attached hydrogens (primary N) is 1. The number of methoxy groups -OCH3 is 2. The number of hydrogen-bond acceptors (Lipinski definition) is 9. The van der Waals surface area contributed by atoms with Crippen molar-refractivity contribution >= 4 is 23.0 Å². The molecule has 0 saturated carbocycles. The van der Waals surface area contributed by atoms with Gasteiger partial charge in [-0.3, -0.25) is 9.89 Å². The van der Waals surface area contributed by atoms with Gasteiger partial charge < -0.3 is 34.5 Å². The van der Waals surface area contributed by atoms with Gasteiger partial charge in [0.2, 0.25) is 0 Å². The van der Waals surface area contributed by atoms with Gasteiger partial charge in [-0.05, 0) is 48.4 Å². The van der Waals surface area contributed by atoms with Crippen LogP contribution in [0.15, 0.2) is 53.5 Å². The molecule has 2 aromatic rings. The lowest BCUT2D eigenvalue weighted by Crippen LogP contribution is -2.57. The number of benzene rings is 2. The maximum Gasteiger partial charge on any atom is 0.413 e. The topological polar surface area (TPSA) is 125 Å². The molecule has 0 bridgehead atoms. The van der Waals surface area contributed by atoms with E-state index < -0.39 is 29.8 Å². The van der Waals surface area contributed by atoms with Gasteiger partial charge in [0.25, 0.3) is 0 Å². The van der Waals surface area contributed by atoms with Crippen LogP contribution in [-0.4, -0.2) is 78.9 Å². The van der Waals surface area contributed by atoms with E-state index in [-0.39, 0.29) is 6.10 Å². The van der Waals surface area contributed by atoms with Crippen molar-refractivity contribution in [2.24, 2.45) is 10.7 Å². The zero-order valence-electron chi connectivity index (χ0n) is 21.1. The highest BCUT2D eigenvalue weighted by Crippen LogP contribution is 2.40. The van der Waals surface area contributed by atoms with Gasteiger partial charge in [0.05, 0.1) is 33.5 Å². The lowest BCUT2D eigenvalue weighted by Gasteiger charge is -2.42. The largest absolute Gasteiger partial charge is 0.497 e. The molecule has 0 spiro atoms. The first-order valence-electron chi connectivity index (χ1n) is 12.0. The van der Waals surface area contributed by atoms with Crippen molar-refractivity contribution in [1.82, 2.24) is 4.90 Å². The molecule has 2 aromatic carbocycles. The second-order valence-corrected chi connectivity index (χ2v) is 9.79. The average molecular weight is 532 g/mol. The highest BCUT2D eigenvalue weighted by molar-refractivity contribution is 8.14. The lowest BCUT2D eigenvalue weighted by molar-refractivity contribution is -0.198. The van der Waals surface area contributed by atoms with Crippen molar-refractivity contribution in [2.45, 2.75) is 49.4 Å². The summed E-state index contributed by atoms with van der Waals surface area (Å²) < 4.78 is 29.8. The minimum Gasteiger partial charge on any atom is -0.497 e. The Balaban J connectivity index is 1.58.